The number of ether oxygens (including phenoxy) is 3. The Morgan fingerprint density at radius 3 is 2.20 bits per heavy atom. The van der Waals surface area contributed by atoms with Crippen molar-refractivity contribution in [3.63, 3.8) is 0 Å². The molecule has 1 atom stereocenters. The van der Waals surface area contributed by atoms with Crippen molar-refractivity contribution in [2.24, 2.45) is 0 Å². The average Bonchev–Trinajstić information content (AvgIpc) is 2.77. The van der Waals surface area contributed by atoms with Gasteiger partial charge in [-0.3, -0.25) is 4.79 Å². The molecule has 0 bridgehead atoms. The normalized spacial score (nSPS) is 13.6. The van der Waals surface area contributed by atoms with Gasteiger partial charge in [-0.05, 0) is 68.0 Å². The summed E-state index contributed by atoms with van der Waals surface area (Å²) >= 11 is 0. The first-order chi connectivity index (χ1) is 14.4. The van der Waals surface area contributed by atoms with Gasteiger partial charge in [0, 0.05) is 5.69 Å². The third-order valence-electron chi connectivity index (χ3n) is 5.07. The molecule has 1 aliphatic carbocycles. The zero-order valence-corrected chi connectivity index (χ0v) is 17.3. The number of benzene rings is 2. The van der Waals surface area contributed by atoms with E-state index in [1.165, 1.54) is 38.0 Å². The lowest BCUT2D eigenvalue weighted by atomic mass is 9.91. The predicted octanol–water partition coefficient (Wildman–Crippen LogP) is 3.54. The quantitative estimate of drug-likeness (QED) is 0.731. The van der Waals surface area contributed by atoms with Gasteiger partial charge in [-0.25, -0.2) is 9.59 Å². The molecule has 158 valence electrons. The molecular weight excluding hydrogens is 386 g/mol. The van der Waals surface area contributed by atoms with Gasteiger partial charge in [-0.2, -0.15) is 0 Å². The lowest BCUT2D eigenvalue weighted by Crippen LogP contribution is -2.30. The van der Waals surface area contributed by atoms with Crippen LogP contribution in [0.5, 0.6) is 5.75 Å². The number of hydrogen-bond acceptors (Lipinski definition) is 6. The van der Waals surface area contributed by atoms with Crippen molar-refractivity contribution in [2.75, 3.05) is 19.5 Å². The van der Waals surface area contributed by atoms with Crippen LogP contribution < -0.4 is 10.1 Å². The van der Waals surface area contributed by atoms with Crippen LogP contribution in [0.25, 0.3) is 0 Å². The van der Waals surface area contributed by atoms with E-state index in [0.717, 1.165) is 31.2 Å². The Balaban J connectivity index is 1.78. The monoisotopic (exact) mass is 411 g/mol. The molecule has 2 aromatic rings. The fraction of sp³-hybridized carbons (Fsp3) is 0.348. The number of carbonyl (C=O) groups is 3. The summed E-state index contributed by atoms with van der Waals surface area (Å²) in [5.74, 6) is -0.942. The predicted molar refractivity (Wildman–Crippen MR) is 111 cm³/mol. The number of nitrogens with one attached hydrogen (secondary N) is 1. The van der Waals surface area contributed by atoms with Crippen LogP contribution in [-0.4, -0.2) is 38.2 Å². The molecule has 0 fully saturated rings. The molecule has 3 rings (SSSR count). The van der Waals surface area contributed by atoms with Crippen LogP contribution in [0.1, 0.15) is 51.6 Å². The maximum absolute atomic E-state index is 12.7. The Hall–Kier alpha value is -3.35. The molecule has 0 aromatic heterocycles. The number of amides is 1. The van der Waals surface area contributed by atoms with Crippen LogP contribution in [0.2, 0.25) is 0 Å². The summed E-state index contributed by atoms with van der Waals surface area (Å²) in [7, 11) is 2.48. The van der Waals surface area contributed by atoms with Crippen LogP contribution in [0, 0.1) is 0 Å². The number of hydrogen-bond donors (Lipinski definition) is 1. The van der Waals surface area contributed by atoms with E-state index in [9.17, 15) is 14.4 Å². The van der Waals surface area contributed by atoms with Crippen molar-refractivity contribution < 1.29 is 28.6 Å². The van der Waals surface area contributed by atoms with Gasteiger partial charge in [0.1, 0.15) is 5.75 Å². The van der Waals surface area contributed by atoms with Gasteiger partial charge in [0.05, 0.1) is 25.3 Å². The lowest BCUT2D eigenvalue weighted by molar-refractivity contribution is -0.122. The fourth-order valence-electron chi connectivity index (χ4n) is 3.52. The Morgan fingerprint density at radius 2 is 1.57 bits per heavy atom. The highest BCUT2D eigenvalue weighted by Gasteiger charge is 2.21. The summed E-state index contributed by atoms with van der Waals surface area (Å²) < 4.78 is 15.4. The van der Waals surface area contributed by atoms with Gasteiger partial charge >= 0.3 is 11.9 Å². The molecule has 1 aliphatic rings. The minimum Gasteiger partial charge on any atom is -0.481 e. The van der Waals surface area contributed by atoms with E-state index in [2.05, 4.69) is 11.4 Å². The third kappa shape index (κ3) is 4.79. The van der Waals surface area contributed by atoms with E-state index in [1.54, 1.807) is 6.92 Å². The van der Waals surface area contributed by atoms with E-state index in [-0.39, 0.29) is 16.8 Å². The molecule has 7 nitrogen and oxygen atoms in total. The Morgan fingerprint density at radius 1 is 0.933 bits per heavy atom. The first-order valence-corrected chi connectivity index (χ1v) is 9.83. The highest BCUT2D eigenvalue weighted by atomic mass is 16.5. The molecule has 1 N–H and O–H groups in total. The first kappa shape index (κ1) is 21.4. The van der Waals surface area contributed by atoms with Crippen LogP contribution in [-0.2, 0) is 27.1 Å². The van der Waals surface area contributed by atoms with Crippen molar-refractivity contribution in [1.29, 1.82) is 0 Å². The molecular formula is C23H25NO6. The average molecular weight is 411 g/mol. The largest absolute Gasteiger partial charge is 0.481 e. The minimum atomic E-state index is -0.776. The van der Waals surface area contributed by atoms with E-state index in [1.807, 2.05) is 12.1 Å². The first-order valence-electron chi connectivity index (χ1n) is 9.83. The Labute approximate surface area is 175 Å². The lowest BCUT2D eigenvalue weighted by Gasteiger charge is -2.22. The summed E-state index contributed by atoms with van der Waals surface area (Å²) in [5, 5.41) is 2.70. The second-order valence-electron chi connectivity index (χ2n) is 7.13. The molecule has 1 amide bonds. The minimum absolute atomic E-state index is 0.126. The van der Waals surface area contributed by atoms with E-state index in [0.29, 0.717) is 5.75 Å². The zero-order valence-electron chi connectivity index (χ0n) is 17.3. The molecule has 0 heterocycles. The number of carbonyl (C=O) groups excluding carboxylic acids is 3. The molecule has 0 aliphatic heterocycles. The molecule has 0 unspecified atom stereocenters. The number of methoxy groups -OCH3 is 2. The topological polar surface area (TPSA) is 90.9 Å². The number of fused-ring (bicyclic) bond motifs is 1. The second-order valence-corrected chi connectivity index (χ2v) is 7.13. The molecule has 0 spiro atoms. The molecule has 0 saturated heterocycles. The van der Waals surface area contributed by atoms with Crippen LogP contribution in [0.3, 0.4) is 0 Å². The van der Waals surface area contributed by atoms with E-state index < -0.39 is 23.9 Å². The van der Waals surface area contributed by atoms with Crippen LogP contribution in [0.4, 0.5) is 5.69 Å². The Kier molecular flexibility index (Phi) is 6.72. The van der Waals surface area contributed by atoms with Gasteiger partial charge in [0.15, 0.2) is 6.10 Å². The van der Waals surface area contributed by atoms with Crippen LogP contribution >= 0.6 is 0 Å². The summed E-state index contributed by atoms with van der Waals surface area (Å²) in [5.41, 5.74) is 2.94. The number of esters is 2. The van der Waals surface area contributed by atoms with Crippen molar-refractivity contribution in [1.82, 2.24) is 0 Å². The molecule has 2 aromatic carbocycles. The SMILES string of the molecule is COC(=O)c1cc(NC(=O)[C@@H](C)Oc2cccc3c2CCCC3)cc(C(=O)OC)c1. The highest BCUT2D eigenvalue weighted by molar-refractivity contribution is 6.00. The van der Waals surface area contributed by atoms with Crippen molar-refractivity contribution in [3.8, 4) is 5.75 Å². The van der Waals surface area contributed by atoms with Gasteiger partial charge < -0.3 is 19.5 Å². The molecule has 0 radical (unpaired) electrons. The van der Waals surface area contributed by atoms with Gasteiger partial charge in [0.2, 0.25) is 0 Å². The van der Waals surface area contributed by atoms with Crippen LogP contribution in [0.15, 0.2) is 36.4 Å². The fourth-order valence-corrected chi connectivity index (χ4v) is 3.52. The number of rotatable bonds is 6. The summed E-state index contributed by atoms with van der Waals surface area (Å²) in [4.78, 5) is 36.5. The summed E-state index contributed by atoms with van der Waals surface area (Å²) in [6.45, 7) is 1.66. The van der Waals surface area contributed by atoms with E-state index >= 15 is 0 Å². The third-order valence-corrected chi connectivity index (χ3v) is 5.07. The van der Waals surface area contributed by atoms with E-state index in [4.69, 9.17) is 14.2 Å². The number of aryl methyl sites for hydroxylation is 1. The zero-order chi connectivity index (χ0) is 21.7. The maximum Gasteiger partial charge on any atom is 0.337 e. The van der Waals surface area contributed by atoms with Gasteiger partial charge in [-0.15, -0.1) is 0 Å². The maximum atomic E-state index is 12.7. The summed E-state index contributed by atoms with van der Waals surface area (Å²) in [6.07, 6.45) is 3.44. The van der Waals surface area contributed by atoms with Crippen molar-refractivity contribution in [2.45, 2.75) is 38.7 Å². The smallest absolute Gasteiger partial charge is 0.337 e. The second kappa shape index (κ2) is 9.43. The number of anilines is 1. The molecule has 30 heavy (non-hydrogen) atoms. The molecule has 0 saturated carbocycles. The summed E-state index contributed by atoms with van der Waals surface area (Å²) in [6, 6.07) is 10.1. The van der Waals surface area contributed by atoms with Crippen molar-refractivity contribution >= 4 is 23.5 Å². The highest BCUT2D eigenvalue weighted by Crippen LogP contribution is 2.30. The Bertz CT molecular complexity index is 934. The van der Waals surface area contributed by atoms with Gasteiger partial charge in [-0.1, -0.05) is 12.1 Å². The molecule has 7 heteroatoms. The van der Waals surface area contributed by atoms with Gasteiger partial charge in [0.25, 0.3) is 5.91 Å². The van der Waals surface area contributed by atoms with Crippen molar-refractivity contribution in [3.05, 3.63) is 58.7 Å². The standard InChI is InChI=1S/C23H25NO6/c1-14(30-20-10-6-8-15-7-4-5-9-19(15)20)21(25)24-18-12-16(22(26)28-2)11-17(13-18)23(27)29-3/h6,8,10-14H,4-5,7,9H2,1-3H3,(H,24,25)/t14-/m1/s1.